The summed E-state index contributed by atoms with van der Waals surface area (Å²) in [5, 5.41) is 9.12. The fraction of sp³-hybridized carbons (Fsp3) is 0.389. The van der Waals surface area contributed by atoms with E-state index < -0.39 is 5.97 Å². The van der Waals surface area contributed by atoms with Gasteiger partial charge in [0.05, 0.1) is 23.1 Å². The van der Waals surface area contributed by atoms with Crippen LogP contribution in [0, 0.1) is 29.1 Å². The summed E-state index contributed by atoms with van der Waals surface area (Å²) in [5.74, 6) is -1.54. The van der Waals surface area contributed by atoms with Crippen LogP contribution in [0.25, 0.3) is 0 Å². The number of hydrogen-bond donors (Lipinski definition) is 1. The summed E-state index contributed by atoms with van der Waals surface area (Å²) >= 11 is 0. The third-order valence-electron chi connectivity index (χ3n) is 6.20. The van der Waals surface area contributed by atoms with E-state index in [0.717, 1.165) is 12.8 Å². The number of imide groups is 1. The van der Waals surface area contributed by atoms with Gasteiger partial charge in [-0.15, -0.1) is 0 Å². The second-order valence-corrected chi connectivity index (χ2v) is 7.09. The molecule has 4 atom stereocenters. The smallest absolute Gasteiger partial charge is 0.335 e. The van der Waals surface area contributed by atoms with Gasteiger partial charge in [-0.25, -0.2) is 9.69 Å². The Balaban J connectivity index is 1.56. The molecule has 2 amide bonds. The maximum atomic E-state index is 12.9. The Morgan fingerprint density at radius 3 is 2.22 bits per heavy atom. The fourth-order valence-corrected chi connectivity index (χ4v) is 5.11. The standard InChI is InChI=1S/C18H15NO4/c20-15-13-11-4-5-12(18(11)6-7-18)14(13)16(21)19(15)10-3-1-2-9(8-10)17(22)23/h1-5,8,11-14H,6-7H2,(H,22,23)/t11-,12-,13-,14-/m1/s1. The summed E-state index contributed by atoms with van der Waals surface area (Å²) in [5.41, 5.74) is 0.633. The number of benzene rings is 1. The van der Waals surface area contributed by atoms with E-state index >= 15 is 0 Å². The molecule has 116 valence electrons. The molecule has 5 rings (SSSR count). The predicted octanol–water partition coefficient (Wildman–Crippen LogP) is 2.09. The molecule has 1 N–H and O–H groups in total. The zero-order valence-corrected chi connectivity index (χ0v) is 12.3. The van der Waals surface area contributed by atoms with Crippen molar-refractivity contribution in [2.75, 3.05) is 4.90 Å². The van der Waals surface area contributed by atoms with E-state index in [1.165, 1.54) is 17.0 Å². The number of rotatable bonds is 2. The molecule has 1 aromatic rings. The van der Waals surface area contributed by atoms with Gasteiger partial charge in [-0.3, -0.25) is 9.59 Å². The number of amides is 2. The zero-order chi connectivity index (χ0) is 15.9. The van der Waals surface area contributed by atoms with Gasteiger partial charge >= 0.3 is 5.97 Å². The third-order valence-corrected chi connectivity index (χ3v) is 6.20. The minimum Gasteiger partial charge on any atom is -0.478 e. The van der Waals surface area contributed by atoms with Gasteiger partial charge in [-0.2, -0.15) is 0 Å². The first-order valence-corrected chi connectivity index (χ1v) is 7.94. The molecule has 1 saturated heterocycles. The van der Waals surface area contributed by atoms with Crippen molar-refractivity contribution in [1.29, 1.82) is 0 Å². The molecule has 23 heavy (non-hydrogen) atoms. The summed E-state index contributed by atoms with van der Waals surface area (Å²) in [6, 6.07) is 6.07. The van der Waals surface area contributed by atoms with E-state index in [4.69, 9.17) is 5.11 Å². The number of carbonyl (C=O) groups excluding carboxylic acids is 2. The number of hydrogen-bond acceptors (Lipinski definition) is 3. The lowest BCUT2D eigenvalue weighted by Crippen LogP contribution is -2.34. The summed E-state index contributed by atoms with van der Waals surface area (Å²) in [6.07, 6.45) is 6.47. The van der Waals surface area contributed by atoms with Crippen molar-refractivity contribution in [1.82, 2.24) is 0 Å². The number of carboxylic acid groups (broad SMARTS) is 1. The van der Waals surface area contributed by atoms with Gasteiger partial charge in [0, 0.05) is 0 Å². The lowest BCUT2D eigenvalue weighted by atomic mass is 9.85. The lowest BCUT2D eigenvalue weighted by molar-refractivity contribution is -0.123. The van der Waals surface area contributed by atoms with Gasteiger partial charge in [0.2, 0.25) is 11.8 Å². The Morgan fingerprint density at radius 2 is 1.70 bits per heavy atom. The minimum atomic E-state index is -1.06. The molecule has 2 bridgehead atoms. The SMILES string of the molecule is O=C(O)c1cccc(N2C(=O)[C@H]3[C@H](C2=O)[C@H]2C=C[C@H]3C23CC3)c1. The van der Waals surface area contributed by atoms with Crippen molar-refractivity contribution in [3.05, 3.63) is 42.0 Å². The van der Waals surface area contributed by atoms with E-state index in [2.05, 4.69) is 12.2 Å². The molecular weight excluding hydrogens is 294 g/mol. The Morgan fingerprint density at radius 1 is 1.09 bits per heavy atom. The largest absolute Gasteiger partial charge is 0.478 e. The second-order valence-electron chi connectivity index (χ2n) is 7.09. The van der Waals surface area contributed by atoms with Gasteiger partial charge in [0.1, 0.15) is 0 Å². The number of allylic oxidation sites excluding steroid dienone is 2. The number of aromatic carboxylic acids is 1. The van der Waals surface area contributed by atoms with Gasteiger partial charge in [-0.05, 0) is 48.3 Å². The van der Waals surface area contributed by atoms with Crippen molar-refractivity contribution in [3.8, 4) is 0 Å². The number of nitrogens with zero attached hydrogens (tertiary/aromatic N) is 1. The summed E-state index contributed by atoms with van der Waals surface area (Å²) < 4.78 is 0. The Hall–Kier alpha value is -2.43. The van der Waals surface area contributed by atoms with Crippen LogP contribution in [0.1, 0.15) is 23.2 Å². The van der Waals surface area contributed by atoms with Gasteiger partial charge in [0.15, 0.2) is 0 Å². The Bertz CT molecular complexity index is 773. The van der Waals surface area contributed by atoms with Gasteiger partial charge in [0.25, 0.3) is 0 Å². The lowest BCUT2D eigenvalue weighted by Gasteiger charge is -2.21. The molecule has 1 aliphatic heterocycles. The van der Waals surface area contributed by atoms with Crippen molar-refractivity contribution in [2.24, 2.45) is 29.1 Å². The number of carbonyl (C=O) groups is 3. The monoisotopic (exact) mass is 309 g/mol. The van der Waals surface area contributed by atoms with Crippen LogP contribution < -0.4 is 4.90 Å². The molecule has 3 fully saturated rings. The van der Waals surface area contributed by atoms with Crippen LogP contribution >= 0.6 is 0 Å². The van der Waals surface area contributed by atoms with Crippen LogP contribution in [0.15, 0.2) is 36.4 Å². The highest BCUT2D eigenvalue weighted by molar-refractivity contribution is 6.23. The van der Waals surface area contributed by atoms with Crippen LogP contribution in [-0.4, -0.2) is 22.9 Å². The van der Waals surface area contributed by atoms with E-state index in [9.17, 15) is 14.4 Å². The molecule has 0 radical (unpaired) electrons. The number of carboxylic acids is 1. The van der Waals surface area contributed by atoms with Gasteiger partial charge < -0.3 is 5.11 Å². The highest BCUT2D eigenvalue weighted by Crippen LogP contribution is 2.73. The first-order chi connectivity index (χ1) is 11.0. The van der Waals surface area contributed by atoms with Crippen molar-refractivity contribution >= 4 is 23.5 Å². The maximum absolute atomic E-state index is 12.9. The minimum absolute atomic E-state index is 0.0833. The fourth-order valence-electron chi connectivity index (χ4n) is 5.11. The first-order valence-electron chi connectivity index (χ1n) is 7.94. The quantitative estimate of drug-likeness (QED) is 0.670. The molecular formula is C18H15NO4. The molecule has 0 unspecified atom stereocenters. The van der Waals surface area contributed by atoms with Crippen molar-refractivity contribution < 1.29 is 19.5 Å². The number of anilines is 1. The van der Waals surface area contributed by atoms with E-state index in [1.807, 2.05) is 0 Å². The predicted molar refractivity (Wildman–Crippen MR) is 80.7 cm³/mol. The van der Waals surface area contributed by atoms with Crippen LogP contribution in [0.3, 0.4) is 0 Å². The van der Waals surface area contributed by atoms with E-state index in [1.54, 1.807) is 12.1 Å². The Kier molecular flexibility index (Phi) is 2.22. The highest BCUT2D eigenvalue weighted by Gasteiger charge is 2.73. The van der Waals surface area contributed by atoms with Gasteiger partial charge in [-0.1, -0.05) is 18.2 Å². The van der Waals surface area contributed by atoms with Crippen molar-refractivity contribution in [3.63, 3.8) is 0 Å². The third kappa shape index (κ3) is 1.41. The summed E-state index contributed by atoms with van der Waals surface area (Å²) in [4.78, 5) is 38.2. The normalized spacial score (nSPS) is 35.2. The van der Waals surface area contributed by atoms with Crippen molar-refractivity contribution in [2.45, 2.75) is 12.8 Å². The summed E-state index contributed by atoms with van der Waals surface area (Å²) in [7, 11) is 0. The average Bonchev–Trinajstić information content (AvgIpc) is 3.13. The maximum Gasteiger partial charge on any atom is 0.335 e. The average molecular weight is 309 g/mol. The van der Waals surface area contributed by atoms with E-state index in [0.29, 0.717) is 5.69 Å². The molecule has 1 spiro atoms. The van der Waals surface area contributed by atoms with Crippen LogP contribution in [0.4, 0.5) is 5.69 Å². The zero-order valence-electron chi connectivity index (χ0n) is 12.3. The molecule has 4 aliphatic rings. The number of fused-ring (bicyclic) bond motifs is 3. The highest BCUT2D eigenvalue weighted by atomic mass is 16.4. The second kappa shape index (κ2) is 3.91. The van der Waals surface area contributed by atoms with Crippen LogP contribution in [-0.2, 0) is 9.59 Å². The van der Waals surface area contributed by atoms with E-state index in [-0.39, 0.29) is 46.5 Å². The molecule has 1 heterocycles. The molecule has 3 aliphatic carbocycles. The Labute approximate surface area is 132 Å². The first kappa shape index (κ1) is 13.0. The molecule has 5 nitrogen and oxygen atoms in total. The van der Waals surface area contributed by atoms with Crippen LogP contribution in [0.5, 0.6) is 0 Å². The molecule has 0 aromatic heterocycles. The molecule has 5 heteroatoms. The van der Waals surface area contributed by atoms with Crippen LogP contribution in [0.2, 0.25) is 0 Å². The molecule has 2 saturated carbocycles. The topological polar surface area (TPSA) is 74.7 Å². The molecule has 1 aromatic carbocycles. The summed E-state index contributed by atoms with van der Waals surface area (Å²) in [6.45, 7) is 0.